The highest BCUT2D eigenvalue weighted by Gasteiger charge is 2.11. The van der Waals surface area contributed by atoms with Gasteiger partial charge in [-0.1, -0.05) is 60.1 Å². The molecule has 0 aliphatic carbocycles. The SMILES string of the molecule is O=C(c1ccccc1)c1ccc2nc(NCc3ccccc3Cl)[nH]c2c1. The Morgan fingerprint density at radius 2 is 1.73 bits per heavy atom. The number of benzene rings is 3. The summed E-state index contributed by atoms with van der Waals surface area (Å²) >= 11 is 6.17. The van der Waals surface area contributed by atoms with Gasteiger partial charge in [-0.3, -0.25) is 4.79 Å². The number of aromatic nitrogens is 2. The molecule has 0 amide bonds. The largest absolute Gasteiger partial charge is 0.352 e. The van der Waals surface area contributed by atoms with Gasteiger partial charge in [-0.15, -0.1) is 0 Å². The Labute approximate surface area is 155 Å². The summed E-state index contributed by atoms with van der Waals surface area (Å²) in [6.07, 6.45) is 0. The third-order valence-electron chi connectivity index (χ3n) is 4.18. The van der Waals surface area contributed by atoms with Crippen LogP contribution in [0.2, 0.25) is 5.02 Å². The molecule has 0 bridgehead atoms. The lowest BCUT2D eigenvalue weighted by atomic mass is 10.0. The van der Waals surface area contributed by atoms with Crippen molar-refractivity contribution in [2.75, 3.05) is 5.32 Å². The molecule has 0 aliphatic rings. The second-order valence-electron chi connectivity index (χ2n) is 5.96. The molecular formula is C21H16ClN3O. The molecule has 0 radical (unpaired) electrons. The van der Waals surface area contributed by atoms with Crippen LogP contribution in [-0.4, -0.2) is 15.8 Å². The standard InChI is InChI=1S/C21H16ClN3O/c22-17-9-5-4-8-16(17)13-23-21-24-18-11-10-15(12-19(18)25-21)20(26)14-6-2-1-3-7-14/h1-12H,13H2,(H2,23,24,25). The molecule has 2 N–H and O–H groups in total. The molecule has 4 nitrogen and oxygen atoms in total. The Bertz CT molecular complexity index is 1070. The van der Waals surface area contributed by atoms with Gasteiger partial charge in [-0.25, -0.2) is 4.98 Å². The molecule has 4 aromatic rings. The van der Waals surface area contributed by atoms with Gasteiger partial charge in [-0.2, -0.15) is 0 Å². The molecule has 3 aromatic carbocycles. The first kappa shape index (κ1) is 16.4. The number of hydrogen-bond donors (Lipinski definition) is 2. The Balaban J connectivity index is 1.56. The fourth-order valence-electron chi connectivity index (χ4n) is 2.81. The molecule has 0 fully saturated rings. The number of aromatic amines is 1. The van der Waals surface area contributed by atoms with Crippen LogP contribution >= 0.6 is 11.6 Å². The highest BCUT2D eigenvalue weighted by Crippen LogP contribution is 2.20. The van der Waals surface area contributed by atoms with Crippen LogP contribution in [0.1, 0.15) is 21.5 Å². The van der Waals surface area contributed by atoms with Gasteiger partial charge in [0.05, 0.1) is 11.0 Å². The maximum absolute atomic E-state index is 12.6. The number of ketones is 1. The molecule has 0 atom stereocenters. The molecule has 0 saturated carbocycles. The monoisotopic (exact) mass is 361 g/mol. The maximum Gasteiger partial charge on any atom is 0.201 e. The molecule has 0 aliphatic heterocycles. The lowest BCUT2D eigenvalue weighted by molar-refractivity contribution is 0.103. The number of rotatable bonds is 5. The van der Waals surface area contributed by atoms with Gasteiger partial charge in [0.15, 0.2) is 5.78 Å². The number of carbonyl (C=O) groups is 1. The van der Waals surface area contributed by atoms with Crippen LogP contribution in [0.4, 0.5) is 5.95 Å². The first-order valence-electron chi connectivity index (χ1n) is 8.27. The Hall–Kier alpha value is -3.11. The quantitative estimate of drug-likeness (QED) is 0.488. The van der Waals surface area contributed by atoms with Crippen molar-refractivity contribution in [3.63, 3.8) is 0 Å². The maximum atomic E-state index is 12.6. The van der Waals surface area contributed by atoms with E-state index < -0.39 is 0 Å². The van der Waals surface area contributed by atoms with E-state index in [2.05, 4.69) is 15.3 Å². The van der Waals surface area contributed by atoms with Crippen LogP contribution in [0.5, 0.6) is 0 Å². The van der Waals surface area contributed by atoms with Crippen LogP contribution < -0.4 is 5.32 Å². The van der Waals surface area contributed by atoms with Crippen molar-refractivity contribution in [3.8, 4) is 0 Å². The Morgan fingerprint density at radius 1 is 0.962 bits per heavy atom. The van der Waals surface area contributed by atoms with Crippen LogP contribution in [0.25, 0.3) is 11.0 Å². The second kappa shape index (κ2) is 7.02. The number of imidazole rings is 1. The van der Waals surface area contributed by atoms with Crippen molar-refractivity contribution in [3.05, 3.63) is 94.5 Å². The van der Waals surface area contributed by atoms with Gasteiger partial charge in [0.1, 0.15) is 0 Å². The van der Waals surface area contributed by atoms with Gasteiger partial charge >= 0.3 is 0 Å². The van der Waals surface area contributed by atoms with Crippen LogP contribution in [-0.2, 0) is 6.54 Å². The Morgan fingerprint density at radius 3 is 2.54 bits per heavy atom. The van der Waals surface area contributed by atoms with Crippen molar-refractivity contribution in [2.24, 2.45) is 0 Å². The van der Waals surface area contributed by atoms with E-state index in [1.165, 1.54) is 0 Å². The van der Waals surface area contributed by atoms with E-state index in [0.29, 0.717) is 28.6 Å². The van der Waals surface area contributed by atoms with Crippen molar-refractivity contribution in [2.45, 2.75) is 6.54 Å². The van der Waals surface area contributed by atoms with E-state index in [1.807, 2.05) is 66.7 Å². The molecule has 5 heteroatoms. The lowest BCUT2D eigenvalue weighted by Crippen LogP contribution is -2.01. The lowest BCUT2D eigenvalue weighted by Gasteiger charge is -2.04. The normalized spacial score (nSPS) is 10.8. The summed E-state index contributed by atoms with van der Waals surface area (Å²) in [6, 6.07) is 22.4. The molecule has 1 heterocycles. The molecule has 0 spiro atoms. The molecule has 4 rings (SSSR count). The number of halogens is 1. The van der Waals surface area contributed by atoms with Gasteiger partial charge in [-0.05, 0) is 29.8 Å². The minimum Gasteiger partial charge on any atom is -0.352 e. The second-order valence-corrected chi connectivity index (χ2v) is 6.36. The average molecular weight is 362 g/mol. The fourth-order valence-corrected chi connectivity index (χ4v) is 3.01. The summed E-state index contributed by atoms with van der Waals surface area (Å²) in [6.45, 7) is 0.565. The smallest absolute Gasteiger partial charge is 0.201 e. The zero-order chi connectivity index (χ0) is 17.9. The number of H-pyrrole nitrogens is 1. The molecule has 26 heavy (non-hydrogen) atoms. The summed E-state index contributed by atoms with van der Waals surface area (Å²) in [4.78, 5) is 20.3. The topological polar surface area (TPSA) is 57.8 Å². The number of fused-ring (bicyclic) bond motifs is 1. The zero-order valence-corrected chi connectivity index (χ0v) is 14.6. The van der Waals surface area contributed by atoms with Gasteiger partial charge < -0.3 is 10.3 Å². The van der Waals surface area contributed by atoms with Crippen LogP contribution in [0.3, 0.4) is 0 Å². The highest BCUT2D eigenvalue weighted by molar-refractivity contribution is 6.31. The molecule has 0 saturated heterocycles. The predicted molar refractivity (Wildman–Crippen MR) is 105 cm³/mol. The van der Waals surface area contributed by atoms with E-state index in [0.717, 1.165) is 16.6 Å². The number of nitrogens with zero attached hydrogens (tertiary/aromatic N) is 1. The van der Waals surface area contributed by atoms with Crippen LogP contribution in [0.15, 0.2) is 72.8 Å². The van der Waals surface area contributed by atoms with E-state index in [1.54, 1.807) is 6.07 Å². The number of hydrogen-bond acceptors (Lipinski definition) is 3. The van der Waals surface area contributed by atoms with Gasteiger partial charge in [0.2, 0.25) is 5.95 Å². The van der Waals surface area contributed by atoms with Crippen molar-refractivity contribution >= 4 is 34.4 Å². The third kappa shape index (κ3) is 3.32. The fraction of sp³-hybridized carbons (Fsp3) is 0.0476. The van der Waals surface area contributed by atoms with Crippen LogP contribution in [0, 0.1) is 0 Å². The number of nitrogens with one attached hydrogen (secondary N) is 2. The average Bonchev–Trinajstić information content (AvgIpc) is 3.09. The zero-order valence-electron chi connectivity index (χ0n) is 13.9. The molecule has 0 unspecified atom stereocenters. The summed E-state index contributed by atoms with van der Waals surface area (Å²) in [5.74, 6) is 0.636. The van der Waals surface area contributed by atoms with Gasteiger partial charge in [0.25, 0.3) is 0 Å². The number of carbonyl (C=O) groups excluding carboxylic acids is 1. The summed E-state index contributed by atoms with van der Waals surface area (Å²) in [5, 5.41) is 3.95. The summed E-state index contributed by atoms with van der Waals surface area (Å²) in [7, 11) is 0. The first-order valence-corrected chi connectivity index (χ1v) is 8.65. The first-order chi connectivity index (χ1) is 12.7. The predicted octanol–water partition coefficient (Wildman–Crippen LogP) is 5.06. The molecule has 128 valence electrons. The van der Waals surface area contributed by atoms with Crippen molar-refractivity contribution in [1.82, 2.24) is 9.97 Å². The van der Waals surface area contributed by atoms with Crippen molar-refractivity contribution < 1.29 is 4.79 Å². The van der Waals surface area contributed by atoms with Crippen molar-refractivity contribution in [1.29, 1.82) is 0 Å². The minimum absolute atomic E-state index is 0.00678. The molecular weight excluding hydrogens is 346 g/mol. The van der Waals surface area contributed by atoms with E-state index in [-0.39, 0.29) is 5.78 Å². The van der Waals surface area contributed by atoms with E-state index >= 15 is 0 Å². The third-order valence-corrected chi connectivity index (χ3v) is 4.55. The van der Waals surface area contributed by atoms with Gasteiger partial charge in [0, 0.05) is 22.7 Å². The summed E-state index contributed by atoms with van der Waals surface area (Å²) in [5.41, 5.74) is 3.91. The summed E-state index contributed by atoms with van der Waals surface area (Å²) < 4.78 is 0. The van der Waals surface area contributed by atoms with E-state index in [9.17, 15) is 4.79 Å². The Kier molecular flexibility index (Phi) is 4.42. The van der Waals surface area contributed by atoms with E-state index in [4.69, 9.17) is 11.6 Å². The highest BCUT2D eigenvalue weighted by atomic mass is 35.5. The minimum atomic E-state index is -0.00678. The number of anilines is 1. The molecule has 1 aromatic heterocycles.